The van der Waals surface area contributed by atoms with Crippen molar-refractivity contribution in [2.24, 2.45) is 0 Å². The average Bonchev–Trinajstić information content (AvgIpc) is 2.49. The summed E-state index contributed by atoms with van der Waals surface area (Å²) in [6.07, 6.45) is 0. The van der Waals surface area contributed by atoms with Crippen LogP contribution < -0.4 is 4.72 Å². The lowest BCUT2D eigenvalue weighted by Gasteiger charge is -2.27. The van der Waals surface area contributed by atoms with Crippen molar-refractivity contribution in [1.82, 2.24) is 9.62 Å². The average molecular weight is 331 g/mol. The number of nitrogens with zero attached hydrogens (tertiary/aromatic N) is 2. The van der Waals surface area contributed by atoms with Gasteiger partial charge in [-0.15, -0.1) is 4.72 Å². The number of nitro groups is 1. The summed E-state index contributed by atoms with van der Waals surface area (Å²) in [5.41, 5.74) is -0.142. The van der Waals surface area contributed by atoms with Crippen LogP contribution in [0.25, 0.3) is 0 Å². The molecule has 1 saturated heterocycles. The Hall–Kier alpha value is -0.840. The molecule has 1 aliphatic rings. The van der Waals surface area contributed by atoms with Crippen LogP contribution in [0.15, 0.2) is 29.2 Å². The third-order valence-electron chi connectivity index (χ3n) is 3.19. The number of nitro benzene ring substituents is 1. The monoisotopic (exact) mass is 331 g/mol. The topological polar surface area (TPSA) is 105 Å². The SMILES string of the molecule is O=[N+]([O-])c1ccccc1[S+]([O-])NCCN1CC[S+]([O-])CC1. The fourth-order valence-electron chi connectivity index (χ4n) is 2.04. The maximum atomic E-state index is 12.1. The van der Waals surface area contributed by atoms with Crippen molar-refractivity contribution in [2.75, 3.05) is 37.7 Å². The molecule has 0 aromatic heterocycles. The van der Waals surface area contributed by atoms with Crippen LogP contribution in [0.3, 0.4) is 0 Å². The van der Waals surface area contributed by atoms with E-state index in [1.54, 1.807) is 12.1 Å². The van der Waals surface area contributed by atoms with Crippen molar-refractivity contribution in [3.8, 4) is 0 Å². The van der Waals surface area contributed by atoms with Gasteiger partial charge in [0.05, 0.1) is 22.8 Å². The van der Waals surface area contributed by atoms with Gasteiger partial charge in [-0.3, -0.25) is 15.0 Å². The number of hydrogen-bond donors (Lipinski definition) is 1. The number of hydrogen-bond acceptors (Lipinski definition) is 6. The zero-order chi connectivity index (χ0) is 15.2. The molecule has 1 N–H and O–H groups in total. The molecule has 1 heterocycles. The van der Waals surface area contributed by atoms with E-state index in [4.69, 9.17) is 0 Å². The van der Waals surface area contributed by atoms with Crippen molar-refractivity contribution in [3.05, 3.63) is 34.4 Å². The second-order valence-corrected chi connectivity index (χ2v) is 7.54. The standard InChI is InChI=1S/C12H17N3O4S2/c16-15(17)11-3-1-2-4-12(11)21(19)13-5-6-14-7-9-20(18)10-8-14/h1-4,13H,5-10H2. The first-order valence-electron chi connectivity index (χ1n) is 6.54. The Morgan fingerprint density at radius 3 is 2.67 bits per heavy atom. The summed E-state index contributed by atoms with van der Waals surface area (Å²) in [4.78, 5) is 12.7. The Balaban J connectivity index is 1.82. The highest BCUT2D eigenvalue weighted by Gasteiger charge is 2.25. The zero-order valence-electron chi connectivity index (χ0n) is 11.4. The highest BCUT2D eigenvalue weighted by molar-refractivity contribution is 7.91. The number of para-hydroxylation sites is 1. The maximum absolute atomic E-state index is 12.1. The van der Waals surface area contributed by atoms with Gasteiger partial charge in [0.25, 0.3) is 4.90 Å². The molecule has 116 valence electrons. The van der Waals surface area contributed by atoms with Crippen LogP contribution in [-0.4, -0.2) is 56.6 Å². The van der Waals surface area contributed by atoms with Crippen LogP contribution >= 0.6 is 0 Å². The Bertz CT molecular complexity index is 483. The predicted octanol–water partition coefficient (Wildman–Crippen LogP) is 0.271. The van der Waals surface area contributed by atoms with E-state index in [9.17, 15) is 19.2 Å². The third kappa shape index (κ3) is 4.83. The molecule has 0 aliphatic carbocycles. The lowest BCUT2D eigenvalue weighted by atomic mass is 10.3. The summed E-state index contributed by atoms with van der Waals surface area (Å²) in [6, 6.07) is 6.01. The van der Waals surface area contributed by atoms with Gasteiger partial charge in [0.2, 0.25) is 0 Å². The zero-order valence-corrected chi connectivity index (χ0v) is 13.0. The Kier molecular flexibility index (Phi) is 6.27. The van der Waals surface area contributed by atoms with Crippen molar-refractivity contribution in [3.63, 3.8) is 0 Å². The largest absolute Gasteiger partial charge is 0.616 e. The molecule has 21 heavy (non-hydrogen) atoms. The molecule has 9 heteroatoms. The first-order valence-corrected chi connectivity index (χ1v) is 9.18. The minimum absolute atomic E-state index is 0.142. The first-order chi connectivity index (χ1) is 10.1. The van der Waals surface area contributed by atoms with Gasteiger partial charge in [-0.25, -0.2) is 0 Å². The Morgan fingerprint density at radius 2 is 2.00 bits per heavy atom. The van der Waals surface area contributed by atoms with Crippen molar-refractivity contribution < 1.29 is 14.0 Å². The molecule has 0 radical (unpaired) electrons. The molecule has 1 aliphatic heterocycles. The van der Waals surface area contributed by atoms with Crippen molar-refractivity contribution in [1.29, 1.82) is 0 Å². The van der Waals surface area contributed by atoms with Gasteiger partial charge in [-0.05, 0) is 0 Å². The summed E-state index contributed by atoms with van der Waals surface area (Å²) in [6.45, 7) is 2.69. The molecule has 1 aromatic carbocycles. The molecule has 1 unspecified atom stereocenters. The van der Waals surface area contributed by atoms with Crippen LogP contribution in [0.4, 0.5) is 5.69 Å². The minimum atomic E-state index is -1.61. The first kappa shape index (κ1) is 16.5. The summed E-state index contributed by atoms with van der Waals surface area (Å²) in [5, 5.41) is 10.9. The smallest absolute Gasteiger partial charge is 0.325 e. The molecule has 7 nitrogen and oxygen atoms in total. The van der Waals surface area contributed by atoms with Gasteiger partial charge < -0.3 is 9.11 Å². The summed E-state index contributed by atoms with van der Waals surface area (Å²) in [5.74, 6) is 1.35. The highest BCUT2D eigenvalue weighted by Crippen LogP contribution is 2.22. The van der Waals surface area contributed by atoms with E-state index in [2.05, 4.69) is 9.62 Å². The number of benzene rings is 1. The van der Waals surface area contributed by atoms with Crippen molar-refractivity contribution >= 4 is 28.2 Å². The van der Waals surface area contributed by atoms with Crippen LogP contribution in [0, 0.1) is 10.1 Å². The van der Waals surface area contributed by atoms with E-state index in [-0.39, 0.29) is 10.6 Å². The Labute approximate surface area is 129 Å². The molecule has 1 aromatic rings. The Morgan fingerprint density at radius 1 is 1.33 bits per heavy atom. The predicted molar refractivity (Wildman–Crippen MR) is 81.8 cm³/mol. The minimum Gasteiger partial charge on any atom is -0.616 e. The van der Waals surface area contributed by atoms with Gasteiger partial charge in [-0.2, -0.15) is 0 Å². The molecular formula is C12H17N3O4S2. The quantitative estimate of drug-likeness (QED) is 0.456. The third-order valence-corrected chi connectivity index (χ3v) is 5.68. The molecule has 1 atom stereocenters. The van der Waals surface area contributed by atoms with E-state index in [0.29, 0.717) is 24.6 Å². The normalized spacial score (nSPS) is 18.6. The maximum Gasteiger partial charge on any atom is 0.325 e. The molecule has 0 amide bonds. The molecular weight excluding hydrogens is 314 g/mol. The molecule has 0 saturated carbocycles. The van der Waals surface area contributed by atoms with Crippen LogP contribution in [0.1, 0.15) is 0 Å². The lowest BCUT2D eigenvalue weighted by Crippen LogP contribution is -2.43. The van der Waals surface area contributed by atoms with E-state index in [1.807, 2.05) is 0 Å². The second-order valence-electron chi connectivity index (χ2n) is 4.58. The van der Waals surface area contributed by atoms with Crippen LogP contribution in [0.5, 0.6) is 0 Å². The van der Waals surface area contributed by atoms with Gasteiger partial charge in [0, 0.05) is 31.8 Å². The van der Waals surface area contributed by atoms with E-state index < -0.39 is 27.5 Å². The molecule has 0 spiro atoms. The molecule has 1 fully saturated rings. The molecule has 0 bridgehead atoms. The van der Waals surface area contributed by atoms with Crippen LogP contribution in [0.2, 0.25) is 0 Å². The van der Waals surface area contributed by atoms with Gasteiger partial charge in [0.1, 0.15) is 11.5 Å². The second kappa shape index (κ2) is 7.97. The van der Waals surface area contributed by atoms with E-state index >= 15 is 0 Å². The van der Waals surface area contributed by atoms with E-state index in [1.165, 1.54) is 12.1 Å². The number of nitrogens with one attached hydrogen (secondary N) is 1. The summed E-state index contributed by atoms with van der Waals surface area (Å²) in [7, 11) is 0. The van der Waals surface area contributed by atoms with Gasteiger partial charge in [0.15, 0.2) is 0 Å². The van der Waals surface area contributed by atoms with Crippen molar-refractivity contribution in [2.45, 2.75) is 4.90 Å². The van der Waals surface area contributed by atoms with Gasteiger partial charge >= 0.3 is 5.69 Å². The summed E-state index contributed by atoms with van der Waals surface area (Å²) < 4.78 is 26.1. The van der Waals surface area contributed by atoms with E-state index in [0.717, 1.165) is 13.1 Å². The van der Waals surface area contributed by atoms with Gasteiger partial charge in [-0.1, -0.05) is 23.3 Å². The van der Waals surface area contributed by atoms with Crippen LogP contribution in [-0.2, 0) is 22.5 Å². The summed E-state index contributed by atoms with van der Waals surface area (Å²) >= 11 is -2.32. The lowest BCUT2D eigenvalue weighted by molar-refractivity contribution is -0.387. The fraction of sp³-hybridized carbons (Fsp3) is 0.500. The highest BCUT2D eigenvalue weighted by atomic mass is 32.2. The number of rotatable bonds is 6. The fourth-order valence-corrected chi connectivity index (χ4v) is 4.13. The molecule has 2 rings (SSSR count).